The predicted octanol–water partition coefficient (Wildman–Crippen LogP) is 2.18. The van der Waals surface area contributed by atoms with E-state index < -0.39 is 53.5 Å². The van der Waals surface area contributed by atoms with Crippen LogP contribution in [0.1, 0.15) is 65.6 Å². The quantitative estimate of drug-likeness (QED) is 0.0720. The number of ether oxygens (including phenoxy) is 4. The summed E-state index contributed by atoms with van der Waals surface area (Å²) in [6.07, 6.45) is -1.19. The third kappa shape index (κ3) is 12.6. The van der Waals surface area contributed by atoms with Crippen LogP contribution in [-0.2, 0) is 49.6 Å². The van der Waals surface area contributed by atoms with Gasteiger partial charge in [0.05, 0.1) is 86.2 Å². The lowest BCUT2D eigenvalue weighted by atomic mass is 9.85. The van der Waals surface area contributed by atoms with Gasteiger partial charge in [0, 0.05) is 38.2 Å². The Kier molecular flexibility index (Phi) is 17.1. The minimum atomic E-state index is -0.976. The highest BCUT2D eigenvalue weighted by molar-refractivity contribution is 7.13. The smallest absolute Gasteiger partial charge is 0.265 e. The van der Waals surface area contributed by atoms with Gasteiger partial charge in [0.25, 0.3) is 11.8 Å². The number of anilines is 1. The highest BCUT2D eigenvalue weighted by atomic mass is 32.1. The molecule has 63 heavy (non-hydrogen) atoms. The number of nitrogens with one attached hydrogen (secondary N) is 4. The summed E-state index contributed by atoms with van der Waals surface area (Å²) in [5, 5.41) is 19.4. The maximum absolute atomic E-state index is 13.9. The molecule has 0 radical (unpaired) electrons. The number of β-amino-alcohol motifs (C(OH)–C–C–N with tert-alkyl or cyclic N) is 1. The van der Waals surface area contributed by atoms with Crippen LogP contribution in [0, 0.1) is 12.3 Å². The fourth-order valence-electron chi connectivity index (χ4n) is 7.31. The first-order valence-corrected chi connectivity index (χ1v) is 21.8. The van der Waals surface area contributed by atoms with Gasteiger partial charge < -0.3 is 44.9 Å². The molecule has 0 saturated carbocycles. The Bertz CT molecular complexity index is 2040. The predicted molar refractivity (Wildman–Crippen MR) is 229 cm³/mol. The van der Waals surface area contributed by atoms with Gasteiger partial charge in [0.15, 0.2) is 6.23 Å². The molecule has 5 amide bonds. The molecule has 4 heterocycles. The maximum atomic E-state index is 13.9. The average molecular weight is 896 g/mol. The van der Waals surface area contributed by atoms with Crippen LogP contribution in [-0.4, -0.2) is 146 Å². The summed E-state index contributed by atoms with van der Waals surface area (Å²) in [5.41, 5.74) is 7.39. The summed E-state index contributed by atoms with van der Waals surface area (Å²) < 4.78 is 22.2. The summed E-state index contributed by atoms with van der Waals surface area (Å²) in [5.74, 6) is -2.19. The number of imide groups is 1. The highest BCUT2D eigenvalue weighted by Crippen LogP contribution is 2.32. The Hall–Kier alpha value is -4.90. The van der Waals surface area contributed by atoms with Crippen molar-refractivity contribution >= 4 is 46.6 Å². The first-order valence-electron chi connectivity index (χ1n) is 21.0. The van der Waals surface area contributed by atoms with E-state index in [-0.39, 0.29) is 45.2 Å². The van der Waals surface area contributed by atoms with Crippen LogP contribution in [0.5, 0.6) is 0 Å². The Morgan fingerprint density at radius 2 is 1.67 bits per heavy atom. The first-order chi connectivity index (χ1) is 30.3. The number of aliphatic hydroxyl groups is 1. The zero-order chi connectivity index (χ0) is 44.9. The standard InChI is InChI=1S/C43H57N7O12S/c1-27-37(63-26-46-27)29-10-8-28(9-11-29)23-45-39(53)33-22-30(51)24-49(33)42(56)38(43(2,3)4)47-34(52)25-60-21-20-59-19-18-58-17-16-57-15-13-44-32-7-5-6-31-36(32)41(55)50(40(31)54)35-12-14-61-48-62-35/h5-11,26,30,33,35,38,44,48,51H,12-25H2,1-4H3,(H,45,53)(H,47,52)/t30-,33+,35?,38-/m1/s1. The van der Waals surface area contributed by atoms with Crippen molar-refractivity contribution in [1.29, 1.82) is 0 Å². The summed E-state index contributed by atoms with van der Waals surface area (Å²) >= 11 is 1.57. The van der Waals surface area contributed by atoms with E-state index >= 15 is 0 Å². The zero-order valence-corrected chi connectivity index (χ0v) is 36.8. The number of hydrogen-bond donors (Lipinski definition) is 5. The highest BCUT2D eigenvalue weighted by Gasteiger charge is 2.45. The van der Waals surface area contributed by atoms with Crippen molar-refractivity contribution in [2.24, 2.45) is 5.41 Å². The number of fused-ring (bicyclic) bond motifs is 1. The van der Waals surface area contributed by atoms with Gasteiger partial charge in [-0.25, -0.2) is 9.88 Å². The number of rotatable bonds is 22. The summed E-state index contributed by atoms with van der Waals surface area (Å²) in [7, 11) is 0. The monoisotopic (exact) mass is 895 g/mol. The van der Waals surface area contributed by atoms with Gasteiger partial charge in [-0.1, -0.05) is 56.7 Å². The average Bonchev–Trinajstić information content (AvgIpc) is 3.96. The normalized spacial score (nSPS) is 19.3. The molecule has 0 aliphatic carbocycles. The molecular formula is C43H57N7O12S. The van der Waals surface area contributed by atoms with Crippen LogP contribution >= 0.6 is 11.3 Å². The van der Waals surface area contributed by atoms with Gasteiger partial charge in [-0.2, -0.15) is 0 Å². The molecule has 3 aliphatic rings. The number of benzene rings is 2. The number of carbonyl (C=O) groups is 5. The number of hydrogen-bond acceptors (Lipinski definition) is 16. The van der Waals surface area contributed by atoms with E-state index in [4.69, 9.17) is 28.6 Å². The minimum absolute atomic E-state index is 0.0260. The number of thiazole rings is 1. The molecule has 342 valence electrons. The van der Waals surface area contributed by atoms with Crippen molar-refractivity contribution in [3.05, 3.63) is 70.4 Å². The van der Waals surface area contributed by atoms with Crippen molar-refractivity contribution in [1.82, 2.24) is 31.1 Å². The Morgan fingerprint density at radius 1 is 0.968 bits per heavy atom. The lowest BCUT2D eigenvalue weighted by Gasteiger charge is -2.35. The molecule has 1 aromatic heterocycles. The summed E-state index contributed by atoms with van der Waals surface area (Å²) in [6, 6.07) is 11.0. The van der Waals surface area contributed by atoms with Crippen molar-refractivity contribution in [3.63, 3.8) is 0 Å². The molecule has 0 bridgehead atoms. The Morgan fingerprint density at radius 3 is 2.32 bits per heavy atom. The van der Waals surface area contributed by atoms with Gasteiger partial charge >= 0.3 is 0 Å². The lowest BCUT2D eigenvalue weighted by Crippen LogP contribution is -2.58. The van der Waals surface area contributed by atoms with E-state index in [0.717, 1.165) is 26.6 Å². The second kappa shape index (κ2) is 22.6. The number of carbonyl (C=O) groups excluding carboxylic acids is 5. The number of aryl methyl sites for hydroxylation is 1. The zero-order valence-electron chi connectivity index (χ0n) is 36.0. The van der Waals surface area contributed by atoms with E-state index in [1.54, 1.807) is 35.0 Å². The molecule has 5 N–H and O–H groups in total. The Balaban J connectivity index is 0.817. The van der Waals surface area contributed by atoms with Crippen LogP contribution in [0.3, 0.4) is 0 Å². The molecule has 0 spiro atoms. The molecule has 3 aliphatic heterocycles. The largest absolute Gasteiger partial charge is 0.391 e. The number of aromatic nitrogens is 1. The van der Waals surface area contributed by atoms with Crippen molar-refractivity contribution in [3.8, 4) is 10.4 Å². The van der Waals surface area contributed by atoms with E-state index in [1.165, 1.54) is 4.90 Å². The van der Waals surface area contributed by atoms with Crippen LogP contribution < -0.4 is 21.6 Å². The SMILES string of the molecule is Cc1ncsc1-c1ccc(CNC(=O)[C@@H]2C[C@@H](O)CN2C(=O)[C@@H](NC(=O)COCCOCCOCCOCCNc2cccc3c2C(=O)N(C2CCONO2)C3=O)C(C)(C)C)cc1. The topological polar surface area (TPSA) is 228 Å². The van der Waals surface area contributed by atoms with Crippen LogP contribution in [0.2, 0.25) is 0 Å². The first kappa shape index (κ1) is 47.6. The molecule has 3 aromatic rings. The number of aliphatic hydroxyl groups excluding tert-OH is 1. The van der Waals surface area contributed by atoms with E-state index in [9.17, 15) is 29.1 Å². The van der Waals surface area contributed by atoms with Gasteiger partial charge in [-0.05, 0) is 35.6 Å². The molecule has 6 rings (SSSR count). The summed E-state index contributed by atoms with van der Waals surface area (Å²) in [6.45, 7) is 9.99. The molecule has 2 fully saturated rings. The molecule has 20 heteroatoms. The molecule has 2 aromatic carbocycles. The molecular weight excluding hydrogens is 839 g/mol. The molecule has 19 nitrogen and oxygen atoms in total. The summed E-state index contributed by atoms with van der Waals surface area (Å²) in [4.78, 5) is 84.2. The number of likely N-dealkylation sites (tertiary alicyclic amines) is 1. The second-order valence-corrected chi connectivity index (χ2v) is 17.1. The fourth-order valence-corrected chi connectivity index (χ4v) is 8.12. The second-order valence-electron chi connectivity index (χ2n) is 16.3. The molecule has 1 unspecified atom stereocenters. The third-order valence-electron chi connectivity index (χ3n) is 10.6. The number of nitrogens with zero attached hydrogens (tertiary/aromatic N) is 3. The van der Waals surface area contributed by atoms with Gasteiger partial charge in [-0.15, -0.1) is 11.3 Å². The van der Waals surface area contributed by atoms with Crippen LogP contribution in [0.25, 0.3) is 10.4 Å². The maximum Gasteiger partial charge on any atom is 0.265 e. The minimum Gasteiger partial charge on any atom is -0.391 e. The van der Waals surface area contributed by atoms with Crippen molar-refractivity contribution in [2.45, 2.75) is 71.5 Å². The van der Waals surface area contributed by atoms with E-state index in [2.05, 4.69) is 26.6 Å². The van der Waals surface area contributed by atoms with Gasteiger partial charge in [0.2, 0.25) is 17.7 Å². The van der Waals surface area contributed by atoms with Gasteiger partial charge in [0.1, 0.15) is 18.7 Å². The number of amides is 5. The van der Waals surface area contributed by atoms with E-state index in [0.29, 0.717) is 69.4 Å². The van der Waals surface area contributed by atoms with Crippen molar-refractivity contribution < 1.29 is 57.7 Å². The van der Waals surface area contributed by atoms with E-state index in [1.807, 2.05) is 52.0 Å². The molecule has 2 saturated heterocycles. The van der Waals surface area contributed by atoms with Crippen molar-refractivity contribution in [2.75, 3.05) is 77.9 Å². The molecule has 4 atom stereocenters. The van der Waals surface area contributed by atoms with Gasteiger partial charge in [-0.3, -0.25) is 33.6 Å². The van der Waals surface area contributed by atoms with Crippen LogP contribution in [0.15, 0.2) is 48.0 Å². The fraction of sp³-hybridized carbons (Fsp3) is 0.535. The van der Waals surface area contributed by atoms with Crippen LogP contribution in [0.4, 0.5) is 5.69 Å². The third-order valence-corrected chi connectivity index (χ3v) is 11.5. The lowest BCUT2D eigenvalue weighted by molar-refractivity contribution is -0.259. The Labute approximate surface area is 370 Å².